The monoisotopic (exact) mass is 383 g/mol. The average Bonchev–Trinajstić information content (AvgIpc) is 3.18. The Balaban J connectivity index is 1.41. The summed E-state index contributed by atoms with van der Waals surface area (Å²) >= 11 is 1.49. The Morgan fingerprint density at radius 2 is 2.11 bits per heavy atom. The number of nitrogens with zero attached hydrogens (tertiary/aromatic N) is 3. The Morgan fingerprint density at radius 3 is 2.89 bits per heavy atom. The molecular formula is C20H18FN3O2S. The maximum Gasteiger partial charge on any atom is 0.228 e. The van der Waals surface area contributed by atoms with E-state index in [1.54, 1.807) is 23.2 Å². The second-order valence-electron chi connectivity index (χ2n) is 6.29. The summed E-state index contributed by atoms with van der Waals surface area (Å²) in [5.41, 5.74) is 2.43. The van der Waals surface area contributed by atoms with Gasteiger partial charge in [0.15, 0.2) is 0 Å². The van der Waals surface area contributed by atoms with Crippen LogP contribution in [-0.4, -0.2) is 40.5 Å². The van der Waals surface area contributed by atoms with Crippen molar-refractivity contribution in [1.29, 1.82) is 0 Å². The van der Waals surface area contributed by atoms with E-state index in [0.717, 1.165) is 22.0 Å². The predicted molar refractivity (Wildman–Crippen MR) is 101 cm³/mol. The lowest BCUT2D eigenvalue weighted by atomic mass is 10.1. The van der Waals surface area contributed by atoms with E-state index in [4.69, 9.17) is 4.74 Å². The van der Waals surface area contributed by atoms with Crippen LogP contribution in [0.4, 0.5) is 4.39 Å². The molecule has 3 heterocycles. The van der Waals surface area contributed by atoms with Crippen LogP contribution < -0.4 is 0 Å². The molecule has 1 aliphatic heterocycles. The number of halogens is 1. The van der Waals surface area contributed by atoms with Gasteiger partial charge in [-0.3, -0.25) is 9.78 Å². The first-order chi connectivity index (χ1) is 13.2. The third-order valence-corrected chi connectivity index (χ3v) is 5.34. The molecule has 4 rings (SSSR count). The molecule has 27 heavy (non-hydrogen) atoms. The van der Waals surface area contributed by atoms with Crippen LogP contribution >= 0.6 is 11.3 Å². The highest BCUT2D eigenvalue weighted by Crippen LogP contribution is 2.24. The number of carbonyl (C=O) groups is 1. The minimum Gasteiger partial charge on any atom is -0.370 e. The molecule has 7 heteroatoms. The van der Waals surface area contributed by atoms with Crippen molar-refractivity contribution in [2.24, 2.45) is 0 Å². The molecule has 2 aromatic heterocycles. The van der Waals surface area contributed by atoms with Crippen molar-refractivity contribution >= 4 is 17.2 Å². The molecule has 1 saturated heterocycles. The van der Waals surface area contributed by atoms with E-state index in [1.807, 2.05) is 23.6 Å². The van der Waals surface area contributed by atoms with Gasteiger partial charge in [0.1, 0.15) is 16.9 Å². The number of hydrogen-bond acceptors (Lipinski definition) is 5. The molecule has 0 aliphatic carbocycles. The van der Waals surface area contributed by atoms with E-state index >= 15 is 0 Å². The Bertz CT molecular complexity index is 914. The summed E-state index contributed by atoms with van der Waals surface area (Å²) in [5.74, 6) is -0.266. The van der Waals surface area contributed by atoms with Gasteiger partial charge in [-0.25, -0.2) is 9.37 Å². The van der Waals surface area contributed by atoms with Crippen LogP contribution in [0.3, 0.4) is 0 Å². The number of pyridine rings is 1. The summed E-state index contributed by atoms with van der Waals surface area (Å²) in [6.07, 6.45) is 1.74. The van der Waals surface area contributed by atoms with Crippen LogP contribution in [-0.2, 0) is 16.0 Å². The predicted octanol–water partition coefficient (Wildman–Crippen LogP) is 3.49. The van der Waals surface area contributed by atoms with Gasteiger partial charge in [-0.2, -0.15) is 0 Å². The molecule has 0 N–H and O–H groups in total. The van der Waals surface area contributed by atoms with E-state index in [0.29, 0.717) is 19.7 Å². The number of thiazole rings is 1. The second kappa shape index (κ2) is 7.94. The Morgan fingerprint density at radius 1 is 1.26 bits per heavy atom. The molecule has 138 valence electrons. The Kier molecular flexibility index (Phi) is 5.22. The van der Waals surface area contributed by atoms with Crippen LogP contribution in [0, 0.1) is 5.82 Å². The second-order valence-corrected chi connectivity index (χ2v) is 7.14. The molecule has 0 saturated carbocycles. The van der Waals surface area contributed by atoms with E-state index < -0.39 is 0 Å². The van der Waals surface area contributed by atoms with Crippen molar-refractivity contribution in [1.82, 2.24) is 14.9 Å². The SMILES string of the molecule is O=C(Cc1csc(-c2ccccn2)n1)N1CCOC(c2ccc(F)cc2)C1. The van der Waals surface area contributed by atoms with Crippen molar-refractivity contribution in [3.05, 3.63) is 71.1 Å². The minimum absolute atomic E-state index is 0.0169. The zero-order valence-electron chi connectivity index (χ0n) is 14.5. The summed E-state index contributed by atoms with van der Waals surface area (Å²) < 4.78 is 18.9. The number of carbonyl (C=O) groups excluding carboxylic acids is 1. The highest BCUT2D eigenvalue weighted by molar-refractivity contribution is 7.13. The van der Waals surface area contributed by atoms with Crippen LogP contribution in [0.15, 0.2) is 54.0 Å². The molecule has 3 aromatic rings. The van der Waals surface area contributed by atoms with Crippen molar-refractivity contribution < 1.29 is 13.9 Å². The maximum atomic E-state index is 13.1. The third-order valence-electron chi connectivity index (χ3n) is 4.43. The Labute approximate surface area is 160 Å². The maximum absolute atomic E-state index is 13.1. The lowest BCUT2D eigenvalue weighted by Gasteiger charge is -2.33. The molecule has 1 fully saturated rings. The first-order valence-corrected chi connectivity index (χ1v) is 9.57. The zero-order valence-corrected chi connectivity index (χ0v) is 15.4. The highest BCUT2D eigenvalue weighted by atomic mass is 32.1. The summed E-state index contributed by atoms with van der Waals surface area (Å²) in [4.78, 5) is 23.3. The summed E-state index contributed by atoms with van der Waals surface area (Å²) in [7, 11) is 0. The fourth-order valence-corrected chi connectivity index (χ4v) is 3.81. The smallest absolute Gasteiger partial charge is 0.228 e. The number of hydrogen-bond donors (Lipinski definition) is 0. The highest BCUT2D eigenvalue weighted by Gasteiger charge is 2.26. The van der Waals surface area contributed by atoms with E-state index in [2.05, 4.69) is 9.97 Å². The molecule has 5 nitrogen and oxygen atoms in total. The van der Waals surface area contributed by atoms with E-state index in [9.17, 15) is 9.18 Å². The van der Waals surface area contributed by atoms with Gasteiger partial charge in [0.25, 0.3) is 0 Å². The van der Waals surface area contributed by atoms with E-state index in [-0.39, 0.29) is 24.2 Å². The number of benzene rings is 1. The quantitative estimate of drug-likeness (QED) is 0.692. The largest absolute Gasteiger partial charge is 0.370 e. The van der Waals surface area contributed by atoms with Gasteiger partial charge in [-0.1, -0.05) is 18.2 Å². The van der Waals surface area contributed by atoms with Gasteiger partial charge in [0, 0.05) is 18.1 Å². The van der Waals surface area contributed by atoms with Crippen LogP contribution in [0.25, 0.3) is 10.7 Å². The number of morpholine rings is 1. The summed E-state index contributed by atoms with van der Waals surface area (Å²) in [5, 5.41) is 2.71. The lowest BCUT2D eigenvalue weighted by molar-refractivity contribution is -0.138. The average molecular weight is 383 g/mol. The molecule has 0 bridgehead atoms. The van der Waals surface area contributed by atoms with Gasteiger partial charge >= 0.3 is 0 Å². The van der Waals surface area contributed by atoms with Crippen molar-refractivity contribution in [2.45, 2.75) is 12.5 Å². The molecule has 0 radical (unpaired) electrons. The molecule has 1 aromatic carbocycles. The molecular weight excluding hydrogens is 365 g/mol. The number of aromatic nitrogens is 2. The van der Waals surface area contributed by atoms with Crippen LogP contribution in [0.1, 0.15) is 17.4 Å². The fraction of sp³-hybridized carbons (Fsp3) is 0.250. The lowest BCUT2D eigenvalue weighted by Crippen LogP contribution is -2.43. The molecule has 0 spiro atoms. The number of rotatable bonds is 4. The first-order valence-electron chi connectivity index (χ1n) is 8.70. The topological polar surface area (TPSA) is 55.3 Å². The van der Waals surface area contributed by atoms with Crippen LogP contribution in [0.2, 0.25) is 0 Å². The van der Waals surface area contributed by atoms with Crippen LogP contribution in [0.5, 0.6) is 0 Å². The van der Waals surface area contributed by atoms with Gasteiger partial charge < -0.3 is 9.64 Å². The van der Waals surface area contributed by atoms with Gasteiger partial charge in [0.05, 0.1) is 31.0 Å². The number of amides is 1. The summed E-state index contributed by atoms with van der Waals surface area (Å²) in [6, 6.07) is 11.9. The third kappa shape index (κ3) is 4.20. The Hall–Kier alpha value is -2.64. The number of ether oxygens (including phenoxy) is 1. The van der Waals surface area contributed by atoms with Crippen molar-refractivity contribution in [3.63, 3.8) is 0 Å². The summed E-state index contributed by atoms with van der Waals surface area (Å²) in [6.45, 7) is 1.47. The minimum atomic E-state index is -0.283. The van der Waals surface area contributed by atoms with Gasteiger partial charge in [0.2, 0.25) is 5.91 Å². The fourth-order valence-electron chi connectivity index (χ4n) is 3.02. The molecule has 1 amide bonds. The van der Waals surface area contributed by atoms with Crippen molar-refractivity contribution in [3.8, 4) is 10.7 Å². The van der Waals surface area contributed by atoms with Gasteiger partial charge in [-0.05, 0) is 29.8 Å². The molecule has 1 atom stereocenters. The molecule has 1 unspecified atom stereocenters. The zero-order chi connectivity index (χ0) is 18.6. The van der Waals surface area contributed by atoms with Gasteiger partial charge in [-0.15, -0.1) is 11.3 Å². The normalized spacial score (nSPS) is 17.1. The molecule has 1 aliphatic rings. The van der Waals surface area contributed by atoms with Crippen molar-refractivity contribution in [2.75, 3.05) is 19.7 Å². The standard InChI is InChI=1S/C20H18FN3O2S/c21-15-6-4-14(5-7-15)18-12-24(9-10-26-18)19(25)11-16-13-27-20(23-16)17-3-1-2-8-22-17/h1-8,13,18H,9-12H2. The van der Waals surface area contributed by atoms with E-state index in [1.165, 1.54) is 23.5 Å². The first kappa shape index (κ1) is 17.8.